The van der Waals surface area contributed by atoms with Gasteiger partial charge in [0.25, 0.3) is 0 Å². The van der Waals surface area contributed by atoms with Gasteiger partial charge in [0.1, 0.15) is 0 Å². The molecule has 0 atom stereocenters. The van der Waals surface area contributed by atoms with Crippen LogP contribution in [0.25, 0.3) is 11.0 Å². The minimum atomic E-state index is 0.0673. The highest BCUT2D eigenvalue weighted by Crippen LogP contribution is 2.28. The Labute approximate surface area is 108 Å². The summed E-state index contributed by atoms with van der Waals surface area (Å²) in [6, 6.07) is 6.43. The summed E-state index contributed by atoms with van der Waals surface area (Å²) >= 11 is 5.47. The van der Waals surface area contributed by atoms with Gasteiger partial charge < -0.3 is 9.55 Å². The lowest BCUT2D eigenvalue weighted by Crippen LogP contribution is -2.26. The van der Waals surface area contributed by atoms with Crippen LogP contribution in [0.15, 0.2) is 18.2 Å². The van der Waals surface area contributed by atoms with Crippen molar-refractivity contribution in [3.8, 4) is 0 Å². The van der Waals surface area contributed by atoms with E-state index in [2.05, 4.69) is 55.4 Å². The summed E-state index contributed by atoms with van der Waals surface area (Å²) < 4.78 is 3.08. The first-order chi connectivity index (χ1) is 7.95. The molecule has 0 amide bonds. The number of fused-ring (bicyclic) bond motifs is 1. The third-order valence-corrected chi connectivity index (χ3v) is 3.59. The van der Waals surface area contributed by atoms with Crippen LogP contribution in [0.1, 0.15) is 39.2 Å². The maximum atomic E-state index is 5.47. The highest BCUT2D eigenvalue weighted by molar-refractivity contribution is 7.71. The quantitative estimate of drug-likeness (QED) is 0.791. The zero-order valence-corrected chi connectivity index (χ0v) is 11.8. The fraction of sp³-hybridized carbons (Fsp3) is 0.500. The lowest BCUT2D eigenvalue weighted by atomic mass is 9.98. The zero-order valence-electron chi connectivity index (χ0n) is 11.0. The maximum absolute atomic E-state index is 5.47. The molecule has 2 nitrogen and oxygen atoms in total. The van der Waals surface area contributed by atoms with Crippen molar-refractivity contribution < 1.29 is 0 Å². The summed E-state index contributed by atoms with van der Waals surface area (Å²) in [6.07, 6.45) is 2.29. The number of nitrogens with one attached hydrogen (secondary N) is 1. The van der Waals surface area contributed by atoms with Crippen LogP contribution in [-0.4, -0.2) is 9.55 Å². The average Bonchev–Trinajstić information content (AvgIpc) is 2.53. The molecule has 0 aliphatic rings. The molecule has 0 saturated heterocycles. The van der Waals surface area contributed by atoms with E-state index in [0.29, 0.717) is 0 Å². The molecule has 0 radical (unpaired) electrons. The van der Waals surface area contributed by atoms with Gasteiger partial charge in [-0.3, -0.25) is 0 Å². The Hall–Kier alpha value is -1.09. The van der Waals surface area contributed by atoms with Gasteiger partial charge in [0.05, 0.1) is 11.0 Å². The van der Waals surface area contributed by atoms with E-state index in [4.69, 9.17) is 12.2 Å². The minimum absolute atomic E-state index is 0.0673. The van der Waals surface area contributed by atoms with Gasteiger partial charge in [-0.1, -0.05) is 19.4 Å². The molecule has 0 aliphatic heterocycles. The summed E-state index contributed by atoms with van der Waals surface area (Å²) in [5.41, 5.74) is 3.68. The second-order valence-electron chi connectivity index (χ2n) is 5.35. The van der Waals surface area contributed by atoms with Gasteiger partial charge in [0, 0.05) is 5.54 Å². The van der Waals surface area contributed by atoms with E-state index >= 15 is 0 Å². The van der Waals surface area contributed by atoms with Crippen LogP contribution in [0, 0.1) is 11.7 Å². The molecule has 2 aromatic rings. The molecule has 17 heavy (non-hydrogen) atoms. The first-order valence-corrected chi connectivity index (χ1v) is 6.58. The van der Waals surface area contributed by atoms with E-state index in [0.717, 1.165) is 23.1 Å². The van der Waals surface area contributed by atoms with E-state index in [-0.39, 0.29) is 5.54 Å². The fourth-order valence-corrected chi connectivity index (χ4v) is 2.99. The molecule has 1 aromatic heterocycles. The van der Waals surface area contributed by atoms with Crippen molar-refractivity contribution in [1.82, 2.24) is 9.55 Å². The molecule has 0 fully saturated rings. The molecule has 2 rings (SSSR count). The Morgan fingerprint density at radius 3 is 2.71 bits per heavy atom. The lowest BCUT2D eigenvalue weighted by Gasteiger charge is -2.27. The van der Waals surface area contributed by atoms with Crippen LogP contribution < -0.4 is 0 Å². The monoisotopic (exact) mass is 248 g/mol. The van der Waals surface area contributed by atoms with Gasteiger partial charge in [-0.15, -0.1) is 0 Å². The Balaban J connectivity index is 2.72. The van der Waals surface area contributed by atoms with Crippen molar-refractivity contribution in [3.05, 3.63) is 28.5 Å². The lowest BCUT2D eigenvalue weighted by molar-refractivity contribution is 0.330. The number of aromatic nitrogens is 2. The maximum Gasteiger partial charge on any atom is 0.178 e. The summed E-state index contributed by atoms with van der Waals surface area (Å²) in [5, 5.41) is 0. The number of aromatic amines is 1. The highest BCUT2D eigenvalue weighted by Gasteiger charge is 2.22. The molecule has 1 N–H and O–H groups in total. The second-order valence-corrected chi connectivity index (χ2v) is 5.74. The van der Waals surface area contributed by atoms with Crippen LogP contribution in [0.3, 0.4) is 0 Å². The molecule has 3 heteroatoms. The van der Waals surface area contributed by atoms with Crippen molar-refractivity contribution in [3.63, 3.8) is 0 Å². The number of nitrogens with zero attached hydrogens (tertiary/aromatic N) is 1. The third kappa shape index (κ3) is 2.16. The van der Waals surface area contributed by atoms with Crippen LogP contribution in [0.5, 0.6) is 0 Å². The third-order valence-electron chi connectivity index (χ3n) is 3.31. The Morgan fingerprint density at radius 2 is 2.06 bits per heavy atom. The van der Waals surface area contributed by atoms with Gasteiger partial charge in [-0.25, -0.2) is 0 Å². The molecule has 0 bridgehead atoms. The molecule has 0 unspecified atom stereocenters. The average molecular weight is 248 g/mol. The Morgan fingerprint density at radius 1 is 1.35 bits per heavy atom. The highest BCUT2D eigenvalue weighted by atomic mass is 32.1. The van der Waals surface area contributed by atoms with Crippen molar-refractivity contribution in [2.45, 2.75) is 46.1 Å². The van der Waals surface area contributed by atoms with E-state index in [9.17, 15) is 0 Å². The van der Waals surface area contributed by atoms with Gasteiger partial charge in [-0.2, -0.15) is 0 Å². The number of hydrogen-bond donors (Lipinski definition) is 1. The van der Waals surface area contributed by atoms with Gasteiger partial charge in [0.2, 0.25) is 0 Å². The van der Waals surface area contributed by atoms with Crippen LogP contribution in [0.2, 0.25) is 0 Å². The standard InChI is InChI=1S/C14H20N2S/c1-5-8-14(3,4)16-12-9-10(2)6-7-11(12)15-13(16)17/h6-7,9H,5,8H2,1-4H3,(H,15,17). The van der Waals surface area contributed by atoms with E-state index < -0.39 is 0 Å². The van der Waals surface area contributed by atoms with E-state index in [1.54, 1.807) is 0 Å². The Bertz CT molecular complexity index is 590. The first-order valence-electron chi connectivity index (χ1n) is 6.17. The molecule has 0 spiro atoms. The molecule has 1 aromatic carbocycles. The second kappa shape index (κ2) is 4.30. The summed E-state index contributed by atoms with van der Waals surface area (Å²) in [6.45, 7) is 8.84. The Kier molecular flexibility index (Phi) is 3.13. The van der Waals surface area contributed by atoms with Crippen LogP contribution in [0.4, 0.5) is 0 Å². The summed E-state index contributed by atoms with van der Waals surface area (Å²) in [5.74, 6) is 0. The number of imidazole rings is 1. The minimum Gasteiger partial charge on any atom is -0.331 e. The first kappa shape index (κ1) is 12.4. The van der Waals surface area contributed by atoms with Gasteiger partial charge >= 0.3 is 0 Å². The number of hydrogen-bond acceptors (Lipinski definition) is 1. The number of H-pyrrole nitrogens is 1. The van der Waals surface area contributed by atoms with E-state index in [1.165, 1.54) is 11.1 Å². The zero-order chi connectivity index (χ0) is 12.6. The molecule has 0 saturated carbocycles. The normalized spacial score (nSPS) is 12.2. The predicted molar refractivity (Wildman–Crippen MR) is 76.1 cm³/mol. The topological polar surface area (TPSA) is 20.7 Å². The van der Waals surface area contributed by atoms with Crippen molar-refractivity contribution in [2.75, 3.05) is 0 Å². The molecule has 92 valence electrons. The van der Waals surface area contributed by atoms with Gasteiger partial charge in [0.15, 0.2) is 4.77 Å². The molecule has 1 heterocycles. The van der Waals surface area contributed by atoms with Crippen molar-refractivity contribution in [1.29, 1.82) is 0 Å². The largest absolute Gasteiger partial charge is 0.331 e. The predicted octanol–water partition coefficient (Wildman–Crippen LogP) is 4.54. The van der Waals surface area contributed by atoms with Crippen molar-refractivity contribution in [2.24, 2.45) is 0 Å². The SMILES string of the molecule is CCCC(C)(C)n1c(=S)[nH]c2ccc(C)cc21. The number of rotatable bonds is 3. The number of aryl methyl sites for hydroxylation is 1. The van der Waals surface area contributed by atoms with Crippen molar-refractivity contribution >= 4 is 23.3 Å². The van der Waals surface area contributed by atoms with Gasteiger partial charge in [-0.05, 0) is 57.1 Å². The fourth-order valence-electron chi connectivity index (χ4n) is 2.54. The van der Waals surface area contributed by atoms with Crippen LogP contribution >= 0.6 is 12.2 Å². The molecular formula is C14H20N2S. The number of benzene rings is 1. The summed E-state index contributed by atoms with van der Waals surface area (Å²) in [7, 11) is 0. The van der Waals surface area contributed by atoms with E-state index in [1.807, 2.05) is 0 Å². The summed E-state index contributed by atoms with van der Waals surface area (Å²) in [4.78, 5) is 3.30. The molecular weight excluding hydrogens is 228 g/mol. The molecule has 0 aliphatic carbocycles. The smallest absolute Gasteiger partial charge is 0.178 e. The van der Waals surface area contributed by atoms with Crippen LogP contribution in [-0.2, 0) is 5.54 Å².